The van der Waals surface area contributed by atoms with Gasteiger partial charge in [-0.3, -0.25) is 13.7 Å². The number of benzene rings is 7. The smallest absolute Gasteiger partial charge is 0.382 e. The maximum absolute atomic E-state index is 16.1. The Morgan fingerprint density at radius 1 is 0.594 bits per heavy atom. The van der Waals surface area contributed by atoms with Gasteiger partial charge in [0, 0.05) is 34.2 Å². The molecule has 5 nitrogen and oxygen atoms in total. The molecular formula is C56H38F8N4O. The van der Waals surface area contributed by atoms with Gasteiger partial charge in [-0.05, 0) is 93.9 Å². The zero-order chi connectivity index (χ0) is 57.0. The van der Waals surface area contributed by atoms with Crippen LogP contribution < -0.4 is 9.30 Å². The maximum atomic E-state index is 16.1. The number of ether oxygens (including phenoxy) is 1. The van der Waals surface area contributed by atoms with Crippen LogP contribution in [0, 0.1) is 6.33 Å². The molecule has 0 fully saturated rings. The number of nitrogens with zero attached hydrogens (tertiary/aromatic N) is 4. The molecule has 0 saturated heterocycles. The molecule has 7 aromatic carbocycles. The summed E-state index contributed by atoms with van der Waals surface area (Å²) in [6, 6.07) is 17.5. The molecule has 0 bridgehead atoms. The summed E-state index contributed by atoms with van der Waals surface area (Å²) in [4.78, 5) is 4.71. The van der Waals surface area contributed by atoms with Gasteiger partial charge in [0.25, 0.3) is 6.33 Å². The molecule has 0 radical (unpaired) electrons. The summed E-state index contributed by atoms with van der Waals surface area (Å²) >= 11 is 0. The van der Waals surface area contributed by atoms with Gasteiger partial charge in [-0.1, -0.05) is 124 Å². The minimum Gasteiger partial charge on any atom is -0.458 e. The molecule has 0 spiro atoms. The summed E-state index contributed by atoms with van der Waals surface area (Å²) < 4.78 is 222. The maximum Gasteiger partial charge on any atom is 0.382 e. The van der Waals surface area contributed by atoms with Crippen LogP contribution in [0.1, 0.15) is 51.2 Å². The summed E-state index contributed by atoms with van der Waals surface area (Å²) in [6.07, 6.45) is 4.50. The third kappa shape index (κ3) is 6.64. The topological polar surface area (TPSA) is 35.9 Å². The number of hydrogen-bond donors (Lipinski definition) is 0. The molecule has 0 atom stereocenters. The molecule has 0 N–H and O–H groups in total. The predicted octanol–water partition coefficient (Wildman–Crippen LogP) is 15.1. The van der Waals surface area contributed by atoms with Gasteiger partial charge in [0.15, 0.2) is 0 Å². The van der Waals surface area contributed by atoms with Gasteiger partial charge in [0.05, 0.1) is 47.1 Å². The highest BCUT2D eigenvalue weighted by atomic mass is 19.4. The van der Waals surface area contributed by atoms with Gasteiger partial charge < -0.3 is 4.74 Å². The van der Waals surface area contributed by atoms with Gasteiger partial charge in [-0.25, -0.2) is 4.98 Å². The van der Waals surface area contributed by atoms with Gasteiger partial charge in [0.2, 0.25) is 0 Å². The number of alkyl halides is 8. The monoisotopic (exact) mass is 944 g/mol. The highest BCUT2D eigenvalue weighted by Crippen LogP contribution is 2.65. The molecule has 3 aromatic heterocycles. The molecule has 1 aliphatic rings. The van der Waals surface area contributed by atoms with Crippen molar-refractivity contribution in [3.8, 4) is 50.9 Å². The van der Waals surface area contributed by atoms with E-state index in [0.717, 1.165) is 43.1 Å². The van der Waals surface area contributed by atoms with E-state index in [1.54, 1.807) is 18.3 Å². The zero-order valence-corrected chi connectivity index (χ0v) is 36.2. The average molecular weight is 945 g/mol. The molecule has 10 aromatic rings. The van der Waals surface area contributed by atoms with E-state index in [1.807, 2.05) is 47.0 Å². The van der Waals surface area contributed by atoms with E-state index in [1.165, 1.54) is 30.3 Å². The fourth-order valence-electron chi connectivity index (χ4n) is 8.81. The first-order valence-corrected chi connectivity index (χ1v) is 21.1. The van der Waals surface area contributed by atoms with Crippen LogP contribution in [0.5, 0.6) is 11.5 Å². The molecule has 13 heteroatoms. The standard InChI is InChI=1S/C56H38F8N4O/c1-52(2,3)36-26-27-65-50(28-36)68-46-23-11-10-20-42(46)43-25-24-39(30-47(43)68)69-38-19-12-18-37(29-38)66-33-67(49-32-45-44(31-48(49)66)53(57,58)55(61,62)56(63,64)54(45,59)60)51-40(34-14-6-4-7-15-34)21-13-22-41(51)35-16-8-5-9-17-35/h4-32H,1-3H3/i4D,5D,6D,7D,8D,9D,14D,15D,16D,17D. The van der Waals surface area contributed by atoms with Crippen molar-refractivity contribution in [1.29, 1.82) is 0 Å². The minimum atomic E-state index is -6.69. The number of pyridine rings is 1. The first-order chi connectivity index (χ1) is 37.0. The molecule has 11 rings (SSSR count). The average Bonchev–Trinajstić information content (AvgIpc) is 3.95. The normalized spacial score (nSPS) is 18.0. The summed E-state index contributed by atoms with van der Waals surface area (Å²) in [7, 11) is 0. The first kappa shape index (κ1) is 33.6. The van der Waals surface area contributed by atoms with Crippen LogP contribution in [0.3, 0.4) is 0 Å². The van der Waals surface area contributed by atoms with Crippen molar-refractivity contribution in [2.75, 3.05) is 0 Å². The minimum absolute atomic E-state index is 0.0366. The Morgan fingerprint density at radius 3 is 1.84 bits per heavy atom. The fraction of sp³-hybridized carbons (Fsp3) is 0.143. The second-order valence-electron chi connectivity index (χ2n) is 17.4. The van der Waals surface area contributed by atoms with Crippen LogP contribution in [0.2, 0.25) is 0 Å². The lowest BCUT2D eigenvalue weighted by atomic mass is 9.80. The second-order valence-corrected chi connectivity index (χ2v) is 17.4. The van der Waals surface area contributed by atoms with Crippen LogP contribution >= 0.6 is 0 Å². The Labute approximate surface area is 404 Å². The van der Waals surface area contributed by atoms with Crippen molar-refractivity contribution >= 4 is 32.8 Å². The number of halogens is 8. The quantitative estimate of drug-likeness (QED) is 0.0907. The van der Waals surface area contributed by atoms with Crippen LogP contribution in [0.15, 0.2) is 176 Å². The van der Waals surface area contributed by atoms with Crippen molar-refractivity contribution in [3.63, 3.8) is 0 Å². The van der Waals surface area contributed by atoms with E-state index < -0.39 is 134 Å². The van der Waals surface area contributed by atoms with Gasteiger partial charge >= 0.3 is 23.7 Å². The summed E-state index contributed by atoms with van der Waals surface area (Å²) in [5.74, 6) is -24.4. The number of para-hydroxylation sites is 2. The number of hydrogen-bond acceptors (Lipinski definition) is 2. The highest BCUT2D eigenvalue weighted by Gasteiger charge is 2.85. The van der Waals surface area contributed by atoms with E-state index in [-0.39, 0.29) is 34.7 Å². The van der Waals surface area contributed by atoms with Crippen molar-refractivity contribution in [2.24, 2.45) is 0 Å². The number of rotatable bonds is 7. The molecule has 0 aliphatic heterocycles. The third-order valence-corrected chi connectivity index (χ3v) is 12.3. The van der Waals surface area contributed by atoms with Crippen LogP contribution in [0.4, 0.5) is 35.1 Å². The van der Waals surface area contributed by atoms with E-state index in [0.29, 0.717) is 11.3 Å². The largest absolute Gasteiger partial charge is 0.458 e. The van der Waals surface area contributed by atoms with E-state index in [4.69, 9.17) is 23.4 Å². The Hall–Kier alpha value is -7.80. The lowest BCUT2D eigenvalue weighted by Crippen LogP contribution is -2.63. The lowest BCUT2D eigenvalue weighted by Gasteiger charge is -2.43. The Morgan fingerprint density at radius 2 is 1.19 bits per heavy atom. The summed E-state index contributed by atoms with van der Waals surface area (Å²) in [5, 5.41) is 1.73. The Kier molecular flexibility index (Phi) is 7.49. The molecule has 69 heavy (non-hydrogen) atoms. The second kappa shape index (κ2) is 15.4. The number of aromatic nitrogens is 4. The van der Waals surface area contributed by atoms with Crippen molar-refractivity contribution in [1.82, 2.24) is 14.1 Å². The number of imidazole rings is 1. The van der Waals surface area contributed by atoms with E-state index >= 15 is 35.1 Å². The van der Waals surface area contributed by atoms with Crippen LogP contribution in [0.25, 0.3) is 72.3 Å². The molecule has 1 aliphatic carbocycles. The van der Waals surface area contributed by atoms with Gasteiger partial charge in [-0.15, -0.1) is 0 Å². The fourth-order valence-corrected chi connectivity index (χ4v) is 8.81. The summed E-state index contributed by atoms with van der Waals surface area (Å²) in [5.41, 5.74) is -6.38. The molecule has 3 heterocycles. The molecular weight excluding hydrogens is 897 g/mol. The van der Waals surface area contributed by atoms with Crippen molar-refractivity contribution in [3.05, 3.63) is 199 Å². The highest BCUT2D eigenvalue weighted by molar-refractivity contribution is 6.09. The SMILES string of the molecule is [2H]c1c([2H])c([2H])c(-c2cccc(-c3c([2H])c([2H])c([2H])c([2H])c3[2H])c2-[n+]2[c-]n(-c3cccc(Oc4ccc5c6ccccc6n(-c6cc(C(C)(C)C)ccn6)c5c4)c3)c3cc4c(cc32)C(F)(F)C(F)(F)C(F)(F)C4(F)F)c([2H])c1[2H]. The van der Waals surface area contributed by atoms with Crippen molar-refractivity contribution in [2.45, 2.75) is 49.9 Å². The molecule has 0 unspecified atom stereocenters. The van der Waals surface area contributed by atoms with Crippen molar-refractivity contribution < 1.29 is 58.1 Å². The van der Waals surface area contributed by atoms with Gasteiger partial charge in [0.1, 0.15) is 17.3 Å². The predicted molar refractivity (Wildman–Crippen MR) is 250 cm³/mol. The van der Waals surface area contributed by atoms with E-state index in [2.05, 4.69) is 27.1 Å². The Bertz CT molecular complexity index is 4130. The summed E-state index contributed by atoms with van der Waals surface area (Å²) in [6.45, 7) is 6.20. The van der Waals surface area contributed by atoms with E-state index in [9.17, 15) is 0 Å². The van der Waals surface area contributed by atoms with Crippen LogP contribution in [-0.4, -0.2) is 26.0 Å². The third-order valence-electron chi connectivity index (χ3n) is 12.3. The first-order valence-electron chi connectivity index (χ1n) is 26.1. The molecule has 0 amide bonds. The van der Waals surface area contributed by atoms with Crippen LogP contribution in [-0.2, 0) is 17.3 Å². The molecule has 0 saturated carbocycles. The molecule has 344 valence electrons. The lowest BCUT2D eigenvalue weighted by molar-refractivity contribution is -0.571. The van der Waals surface area contributed by atoms with Gasteiger partial charge in [-0.2, -0.15) is 35.1 Å². The zero-order valence-electron chi connectivity index (χ0n) is 46.2. The Balaban J connectivity index is 1.19. The number of fused-ring (bicyclic) bond motifs is 5.